The van der Waals surface area contributed by atoms with Gasteiger partial charge in [0.2, 0.25) is 0 Å². The number of benzene rings is 1. The number of urea groups is 2. The Morgan fingerprint density at radius 1 is 1.15 bits per heavy atom. The van der Waals surface area contributed by atoms with E-state index in [4.69, 9.17) is 4.42 Å². The lowest BCUT2D eigenvalue weighted by Gasteiger charge is -2.29. The zero-order valence-electron chi connectivity index (χ0n) is 18.7. The van der Waals surface area contributed by atoms with Gasteiger partial charge >= 0.3 is 12.1 Å². The number of rotatable bonds is 3. The van der Waals surface area contributed by atoms with E-state index >= 15 is 0 Å². The summed E-state index contributed by atoms with van der Waals surface area (Å²) < 4.78 is 6.08. The predicted molar refractivity (Wildman–Crippen MR) is 116 cm³/mol. The molecule has 4 heterocycles. The molecule has 10 heteroatoms. The average molecular weight is 451 g/mol. The van der Waals surface area contributed by atoms with Crippen LogP contribution in [-0.4, -0.2) is 65.8 Å². The lowest BCUT2D eigenvalue weighted by Crippen LogP contribution is -2.52. The highest BCUT2D eigenvalue weighted by molar-refractivity contribution is 6.08. The molecule has 1 aromatic carbocycles. The lowest BCUT2D eigenvalue weighted by atomic mass is 9.94. The van der Waals surface area contributed by atoms with E-state index in [1.807, 2.05) is 25.1 Å². The van der Waals surface area contributed by atoms with Crippen LogP contribution in [0.15, 0.2) is 28.7 Å². The Kier molecular flexibility index (Phi) is 4.70. The molecule has 5 rings (SSSR count). The van der Waals surface area contributed by atoms with E-state index in [0.717, 1.165) is 16.7 Å². The number of carbonyl (C=O) groups is 4. The van der Waals surface area contributed by atoms with Gasteiger partial charge in [-0.05, 0) is 24.6 Å². The number of imide groups is 1. The summed E-state index contributed by atoms with van der Waals surface area (Å²) in [6.45, 7) is 3.02. The van der Waals surface area contributed by atoms with E-state index in [0.29, 0.717) is 37.4 Å². The molecule has 3 aliphatic rings. The number of nitrogens with zero attached hydrogens (tertiary/aromatic N) is 3. The number of fused-ring (bicyclic) bond motifs is 2. The van der Waals surface area contributed by atoms with Gasteiger partial charge in [-0.1, -0.05) is 17.7 Å². The van der Waals surface area contributed by atoms with Crippen molar-refractivity contribution in [2.45, 2.75) is 32.0 Å². The summed E-state index contributed by atoms with van der Waals surface area (Å²) in [4.78, 5) is 55.4. The first-order valence-corrected chi connectivity index (χ1v) is 10.8. The standard InChI is InChI=1S/C23H25N5O5/c1-13-4-5-14-10-28(19(29)16(14)8-13)12-23(20(30)24-21(31)25-23)18-9-15-11-27(22(32)26(2)3)7-6-17(15)33-18/h4-5,8-9H,6-7,10-12H2,1-3H3,(H2,24,25,30,31). The van der Waals surface area contributed by atoms with Crippen LogP contribution >= 0.6 is 0 Å². The van der Waals surface area contributed by atoms with Gasteiger partial charge in [-0.3, -0.25) is 14.9 Å². The van der Waals surface area contributed by atoms with Crippen LogP contribution in [0, 0.1) is 6.92 Å². The minimum absolute atomic E-state index is 0.0656. The molecule has 0 saturated carbocycles. The molecule has 1 unspecified atom stereocenters. The average Bonchev–Trinajstić information content (AvgIpc) is 3.42. The van der Waals surface area contributed by atoms with E-state index in [-0.39, 0.29) is 24.2 Å². The Balaban J connectivity index is 1.47. The molecule has 1 aromatic heterocycles. The summed E-state index contributed by atoms with van der Waals surface area (Å²) in [6.07, 6.45) is 0.494. The van der Waals surface area contributed by atoms with E-state index in [1.54, 1.807) is 30.0 Å². The third-order valence-corrected chi connectivity index (χ3v) is 6.45. The summed E-state index contributed by atoms with van der Waals surface area (Å²) in [6, 6.07) is 6.65. The van der Waals surface area contributed by atoms with Gasteiger partial charge in [-0.15, -0.1) is 0 Å². The topological polar surface area (TPSA) is 115 Å². The lowest BCUT2D eigenvalue weighted by molar-refractivity contribution is -0.125. The second kappa shape index (κ2) is 7.36. The van der Waals surface area contributed by atoms with Crippen molar-refractivity contribution in [2.24, 2.45) is 0 Å². The van der Waals surface area contributed by atoms with Gasteiger partial charge in [0.15, 0.2) is 5.54 Å². The molecule has 0 radical (unpaired) electrons. The van der Waals surface area contributed by atoms with Crippen LogP contribution in [0.4, 0.5) is 9.59 Å². The maximum atomic E-state index is 13.1. The van der Waals surface area contributed by atoms with E-state index in [1.165, 1.54) is 4.90 Å². The maximum Gasteiger partial charge on any atom is 0.322 e. The molecule has 1 atom stereocenters. The molecule has 3 aliphatic heterocycles. The van der Waals surface area contributed by atoms with Crippen molar-refractivity contribution in [3.8, 4) is 0 Å². The zero-order valence-corrected chi connectivity index (χ0v) is 18.7. The Hall–Kier alpha value is -3.82. The van der Waals surface area contributed by atoms with Crippen LogP contribution in [0.25, 0.3) is 0 Å². The van der Waals surface area contributed by atoms with Gasteiger partial charge in [-0.2, -0.15) is 0 Å². The maximum absolute atomic E-state index is 13.1. The fourth-order valence-electron chi connectivity index (χ4n) is 4.73. The van der Waals surface area contributed by atoms with Crippen molar-refractivity contribution < 1.29 is 23.6 Å². The largest absolute Gasteiger partial charge is 0.462 e. The van der Waals surface area contributed by atoms with Crippen molar-refractivity contribution in [3.05, 3.63) is 58.0 Å². The SMILES string of the molecule is Cc1ccc2c(c1)C(=O)N(CC1(c3cc4c(o3)CCN(C(=O)N(C)C)C4)NC(=O)NC1=O)C2. The Morgan fingerprint density at radius 2 is 1.94 bits per heavy atom. The van der Waals surface area contributed by atoms with Gasteiger partial charge in [0.1, 0.15) is 11.5 Å². The number of carbonyl (C=O) groups excluding carboxylic acids is 4. The van der Waals surface area contributed by atoms with E-state index in [9.17, 15) is 19.2 Å². The first kappa shape index (κ1) is 21.0. The van der Waals surface area contributed by atoms with Gasteiger partial charge in [0.25, 0.3) is 11.8 Å². The molecule has 0 spiro atoms. The zero-order chi connectivity index (χ0) is 23.5. The number of furan rings is 1. The van der Waals surface area contributed by atoms with Crippen LogP contribution < -0.4 is 10.6 Å². The number of nitrogens with one attached hydrogen (secondary N) is 2. The van der Waals surface area contributed by atoms with Crippen LogP contribution in [0.2, 0.25) is 0 Å². The number of amides is 6. The smallest absolute Gasteiger partial charge is 0.322 e. The van der Waals surface area contributed by atoms with Crippen LogP contribution in [-0.2, 0) is 29.8 Å². The molecule has 10 nitrogen and oxygen atoms in total. The van der Waals surface area contributed by atoms with Gasteiger partial charge in [-0.25, -0.2) is 9.59 Å². The molecule has 6 amide bonds. The number of hydrogen-bond acceptors (Lipinski definition) is 5. The van der Waals surface area contributed by atoms with E-state index in [2.05, 4.69) is 10.6 Å². The van der Waals surface area contributed by atoms with Crippen LogP contribution in [0.5, 0.6) is 0 Å². The molecule has 1 fully saturated rings. The minimum Gasteiger partial charge on any atom is -0.462 e. The molecule has 1 saturated heterocycles. The molecule has 172 valence electrons. The summed E-state index contributed by atoms with van der Waals surface area (Å²) in [7, 11) is 3.39. The summed E-state index contributed by atoms with van der Waals surface area (Å²) in [5.74, 6) is 0.170. The third kappa shape index (κ3) is 3.33. The Labute approximate surface area is 190 Å². The summed E-state index contributed by atoms with van der Waals surface area (Å²) in [5.41, 5.74) is 1.69. The molecular weight excluding hydrogens is 426 g/mol. The first-order valence-electron chi connectivity index (χ1n) is 10.8. The van der Waals surface area contributed by atoms with Gasteiger partial charge in [0.05, 0.1) is 13.1 Å². The first-order chi connectivity index (χ1) is 15.7. The van der Waals surface area contributed by atoms with Gasteiger partial charge < -0.3 is 24.4 Å². The van der Waals surface area contributed by atoms with Crippen molar-refractivity contribution in [1.82, 2.24) is 25.3 Å². The van der Waals surface area contributed by atoms with Crippen LogP contribution in [0.3, 0.4) is 0 Å². The van der Waals surface area contributed by atoms with Crippen LogP contribution in [0.1, 0.15) is 38.6 Å². The molecular formula is C23H25N5O5. The quantitative estimate of drug-likeness (QED) is 0.683. The highest BCUT2D eigenvalue weighted by Gasteiger charge is 2.53. The summed E-state index contributed by atoms with van der Waals surface area (Å²) >= 11 is 0. The number of hydrogen-bond donors (Lipinski definition) is 2. The Morgan fingerprint density at radius 3 is 2.64 bits per heavy atom. The third-order valence-electron chi connectivity index (χ3n) is 6.45. The monoisotopic (exact) mass is 451 g/mol. The minimum atomic E-state index is -1.54. The summed E-state index contributed by atoms with van der Waals surface area (Å²) in [5, 5.41) is 4.99. The van der Waals surface area contributed by atoms with E-state index < -0.39 is 17.5 Å². The molecule has 2 N–H and O–H groups in total. The normalized spacial score (nSPS) is 21.6. The highest BCUT2D eigenvalue weighted by atomic mass is 16.3. The molecule has 33 heavy (non-hydrogen) atoms. The number of aryl methyl sites for hydroxylation is 1. The second-order valence-corrected chi connectivity index (χ2v) is 9.04. The van der Waals surface area contributed by atoms with Crippen molar-refractivity contribution in [1.29, 1.82) is 0 Å². The second-order valence-electron chi connectivity index (χ2n) is 9.04. The van der Waals surface area contributed by atoms with Gasteiger partial charge in [0, 0.05) is 44.7 Å². The highest BCUT2D eigenvalue weighted by Crippen LogP contribution is 2.35. The predicted octanol–water partition coefficient (Wildman–Crippen LogP) is 1.32. The van der Waals surface area contributed by atoms with Crippen molar-refractivity contribution in [3.63, 3.8) is 0 Å². The molecule has 0 bridgehead atoms. The van der Waals surface area contributed by atoms with Crippen molar-refractivity contribution >= 4 is 23.9 Å². The Bertz CT molecular complexity index is 1200. The fraction of sp³-hybridized carbons (Fsp3) is 0.391. The van der Waals surface area contributed by atoms with Crippen molar-refractivity contribution in [2.75, 3.05) is 27.2 Å². The molecule has 2 aromatic rings. The molecule has 0 aliphatic carbocycles. The fourth-order valence-corrected chi connectivity index (χ4v) is 4.73.